The van der Waals surface area contributed by atoms with Crippen LogP contribution in [-0.4, -0.2) is 35.6 Å². The van der Waals surface area contributed by atoms with E-state index in [1.54, 1.807) is 53.9 Å². The minimum Gasteiger partial charge on any atom is -0.508 e. The van der Waals surface area contributed by atoms with Crippen LogP contribution in [0.4, 0.5) is 29.3 Å². The second-order valence-electron chi connectivity index (χ2n) is 8.05. The quantitative estimate of drug-likeness (QED) is 0.268. The van der Waals surface area contributed by atoms with Crippen LogP contribution >= 0.6 is 0 Å². The number of hydrogen-bond donors (Lipinski definition) is 4. The maximum atomic E-state index is 12.3. The second kappa shape index (κ2) is 11.4. The predicted octanol–water partition coefficient (Wildman–Crippen LogP) is 6.30. The number of amides is 2. The molecular formula is C27H27F3N4O2. The van der Waals surface area contributed by atoms with Crippen molar-refractivity contribution in [2.45, 2.75) is 25.6 Å². The molecule has 1 heterocycles. The van der Waals surface area contributed by atoms with Crippen LogP contribution in [0.2, 0.25) is 0 Å². The van der Waals surface area contributed by atoms with Crippen LogP contribution in [0.3, 0.4) is 0 Å². The number of halogens is 3. The van der Waals surface area contributed by atoms with Gasteiger partial charge in [0, 0.05) is 34.6 Å². The maximum Gasteiger partial charge on any atom is 0.405 e. The predicted molar refractivity (Wildman–Crippen MR) is 138 cm³/mol. The van der Waals surface area contributed by atoms with Crippen molar-refractivity contribution >= 4 is 23.1 Å². The third kappa shape index (κ3) is 7.11. The molecule has 2 amide bonds. The maximum absolute atomic E-state index is 12.3. The molecule has 9 heteroatoms. The SMILES string of the molecule is C=C/C(=C\C=C/C)CC1N=C(c2ccc(NC(=O)NCC(F)(F)F)cc2)c2cc(O)ccc2NC1=C. The highest BCUT2D eigenvalue weighted by molar-refractivity contribution is 6.17. The molecule has 1 aliphatic heterocycles. The molecule has 2 aromatic rings. The first-order chi connectivity index (χ1) is 17.1. The van der Waals surface area contributed by atoms with Crippen molar-refractivity contribution in [3.63, 3.8) is 0 Å². The van der Waals surface area contributed by atoms with Gasteiger partial charge in [-0.2, -0.15) is 13.2 Å². The fourth-order valence-electron chi connectivity index (χ4n) is 3.53. The number of allylic oxidation sites excluding steroid dienone is 4. The van der Waals surface area contributed by atoms with Gasteiger partial charge in [0.15, 0.2) is 0 Å². The Morgan fingerprint density at radius 1 is 1.22 bits per heavy atom. The molecule has 3 rings (SSSR count). The van der Waals surface area contributed by atoms with Crippen LogP contribution in [0, 0.1) is 0 Å². The number of anilines is 2. The molecule has 0 aromatic heterocycles. The lowest BCUT2D eigenvalue weighted by Gasteiger charge is -2.16. The summed E-state index contributed by atoms with van der Waals surface area (Å²) in [6, 6.07) is 10.1. The molecule has 0 radical (unpaired) electrons. The van der Waals surface area contributed by atoms with Crippen LogP contribution in [0.15, 0.2) is 96.2 Å². The van der Waals surface area contributed by atoms with Gasteiger partial charge < -0.3 is 21.1 Å². The second-order valence-corrected chi connectivity index (χ2v) is 8.05. The van der Waals surface area contributed by atoms with Gasteiger partial charge in [-0.3, -0.25) is 4.99 Å². The minimum absolute atomic E-state index is 0.0618. The zero-order valence-electron chi connectivity index (χ0n) is 19.7. The Labute approximate surface area is 207 Å². The summed E-state index contributed by atoms with van der Waals surface area (Å²) in [6.07, 6.45) is 3.57. The van der Waals surface area contributed by atoms with E-state index in [2.05, 4.69) is 23.8 Å². The van der Waals surface area contributed by atoms with E-state index in [9.17, 15) is 23.1 Å². The van der Waals surface area contributed by atoms with Gasteiger partial charge in [0.1, 0.15) is 12.3 Å². The van der Waals surface area contributed by atoms with Crippen molar-refractivity contribution in [2.75, 3.05) is 17.2 Å². The van der Waals surface area contributed by atoms with Crippen LogP contribution in [-0.2, 0) is 0 Å². The molecule has 2 aromatic carbocycles. The van der Waals surface area contributed by atoms with Crippen LogP contribution in [0.1, 0.15) is 24.5 Å². The first kappa shape index (κ1) is 26.3. The number of urea groups is 1. The Kier molecular flexibility index (Phi) is 8.37. The fourth-order valence-corrected chi connectivity index (χ4v) is 3.53. The molecule has 4 N–H and O–H groups in total. The Balaban J connectivity index is 1.94. The number of benzene rings is 2. The molecule has 1 unspecified atom stereocenters. The van der Waals surface area contributed by atoms with Gasteiger partial charge in [-0.15, -0.1) is 0 Å². The average molecular weight is 497 g/mol. The highest BCUT2D eigenvalue weighted by atomic mass is 19.4. The van der Waals surface area contributed by atoms with Gasteiger partial charge in [0.2, 0.25) is 0 Å². The summed E-state index contributed by atoms with van der Waals surface area (Å²) < 4.78 is 37.0. The van der Waals surface area contributed by atoms with Crippen molar-refractivity contribution in [1.29, 1.82) is 0 Å². The molecule has 36 heavy (non-hydrogen) atoms. The van der Waals surface area contributed by atoms with Crippen molar-refractivity contribution in [1.82, 2.24) is 5.32 Å². The lowest BCUT2D eigenvalue weighted by Crippen LogP contribution is -2.36. The van der Waals surface area contributed by atoms with E-state index in [0.29, 0.717) is 40.3 Å². The number of carbonyl (C=O) groups excluding carboxylic acids is 1. The van der Waals surface area contributed by atoms with Crippen molar-refractivity contribution in [3.05, 3.63) is 102 Å². The number of hydrogen-bond acceptors (Lipinski definition) is 4. The molecule has 0 fully saturated rings. The van der Waals surface area contributed by atoms with E-state index >= 15 is 0 Å². The number of aromatic hydroxyl groups is 1. The van der Waals surface area contributed by atoms with Gasteiger partial charge in [-0.1, -0.05) is 49.6 Å². The van der Waals surface area contributed by atoms with Gasteiger partial charge in [-0.25, -0.2) is 4.79 Å². The van der Waals surface area contributed by atoms with Crippen LogP contribution in [0.5, 0.6) is 5.75 Å². The van der Waals surface area contributed by atoms with Crippen molar-refractivity contribution in [2.24, 2.45) is 4.99 Å². The van der Waals surface area contributed by atoms with Gasteiger partial charge in [0.05, 0.1) is 11.8 Å². The number of nitrogens with one attached hydrogen (secondary N) is 3. The lowest BCUT2D eigenvalue weighted by molar-refractivity contribution is -0.122. The molecule has 1 atom stereocenters. The number of aliphatic imine (C=N–C) groups is 1. The summed E-state index contributed by atoms with van der Waals surface area (Å²) in [6.45, 7) is 8.53. The lowest BCUT2D eigenvalue weighted by atomic mass is 9.99. The number of fused-ring (bicyclic) bond motifs is 1. The number of phenols is 1. The number of alkyl halides is 3. The third-order valence-corrected chi connectivity index (χ3v) is 5.30. The molecule has 188 valence electrons. The number of benzodiazepines with no additional fused rings is 1. The van der Waals surface area contributed by atoms with E-state index in [1.165, 1.54) is 0 Å². The molecule has 0 saturated heterocycles. The largest absolute Gasteiger partial charge is 0.508 e. The molecule has 0 saturated carbocycles. The number of phenolic OH excluding ortho intramolecular Hbond substituents is 1. The zero-order chi connectivity index (χ0) is 26.3. The van der Waals surface area contributed by atoms with Gasteiger partial charge >= 0.3 is 12.2 Å². The summed E-state index contributed by atoms with van der Waals surface area (Å²) in [7, 11) is 0. The van der Waals surface area contributed by atoms with E-state index < -0.39 is 18.8 Å². The van der Waals surface area contributed by atoms with Crippen LogP contribution in [0.25, 0.3) is 0 Å². The number of rotatable bonds is 7. The molecule has 0 aliphatic carbocycles. The molecular weight excluding hydrogens is 469 g/mol. The smallest absolute Gasteiger partial charge is 0.405 e. The van der Waals surface area contributed by atoms with E-state index in [0.717, 1.165) is 5.57 Å². The fraction of sp³-hybridized carbons (Fsp3) is 0.185. The van der Waals surface area contributed by atoms with Gasteiger partial charge in [-0.05, 0) is 42.8 Å². The Hall–Kier alpha value is -4.27. The normalized spacial score (nSPS) is 16.0. The Morgan fingerprint density at radius 3 is 2.58 bits per heavy atom. The van der Waals surface area contributed by atoms with Gasteiger partial charge in [0.25, 0.3) is 0 Å². The first-order valence-corrected chi connectivity index (χ1v) is 11.1. The molecule has 6 nitrogen and oxygen atoms in total. The zero-order valence-corrected chi connectivity index (χ0v) is 19.7. The summed E-state index contributed by atoms with van der Waals surface area (Å²) in [4.78, 5) is 16.7. The summed E-state index contributed by atoms with van der Waals surface area (Å²) in [5, 5.41) is 17.6. The highest BCUT2D eigenvalue weighted by Gasteiger charge is 2.28. The average Bonchev–Trinajstić information content (AvgIpc) is 2.96. The Bertz CT molecular complexity index is 1230. The number of nitrogens with zero attached hydrogens (tertiary/aromatic N) is 1. The topological polar surface area (TPSA) is 85.8 Å². The molecule has 1 aliphatic rings. The monoisotopic (exact) mass is 496 g/mol. The third-order valence-electron chi connectivity index (χ3n) is 5.30. The standard InChI is InChI=1S/C27H27F3N4O2/c1-4-6-7-18(5-2)14-24-17(3)32-23-13-12-21(35)15-22(23)25(34-24)19-8-10-20(11-9-19)33-26(36)31-16-27(28,29)30/h4-13,15,24,32,35H,2-3,14,16H2,1H3,(H2,31,33,36)/b6-4-,18-7+. The van der Waals surface area contributed by atoms with Crippen molar-refractivity contribution in [3.8, 4) is 5.75 Å². The summed E-state index contributed by atoms with van der Waals surface area (Å²) in [5.74, 6) is 0.0618. The van der Waals surface area contributed by atoms with E-state index in [1.807, 2.05) is 25.2 Å². The summed E-state index contributed by atoms with van der Waals surface area (Å²) >= 11 is 0. The molecule has 0 spiro atoms. The van der Waals surface area contributed by atoms with Crippen molar-refractivity contribution < 1.29 is 23.1 Å². The number of carbonyl (C=O) groups is 1. The van der Waals surface area contributed by atoms with Crippen LogP contribution < -0.4 is 16.0 Å². The highest BCUT2D eigenvalue weighted by Crippen LogP contribution is 2.32. The van der Waals surface area contributed by atoms with E-state index in [4.69, 9.17) is 4.99 Å². The minimum atomic E-state index is -4.50. The summed E-state index contributed by atoms with van der Waals surface area (Å²) in [5.41, 5.74) is 4.57. The first-order valence-electron chi connectivity index (χ1n) is 11.1. The molecule has 0 bridgehead atoms. The van der Waals surface area contributed by atoms with E-state index in [-0.39, 0.29) is 11.8 Å². The Morgan fingerprint density at radius 2 is 1.94 bits per heavy atom.